The molecule has 12 heteroatoms. The van der Waals surface area contributed by atoms with Crippen molar-refractivity contribution in [3.8, 4) is 11.5 Å². The summed E-state index contributed by atoms with van der Waals surface area (Å²) in [6.07, 6.45) is 2.21. The number of carbonyl (C=O) groups is 1. The smallest absolute Gasteiger partial charge is 0.292 e. The number of H-pyrrole nitrogens is 1. The Morgan fingerprint density at radius 1 is 1.27 bits per heavy atom. The Balaban J connectivity index is 1.53. The molecule has 0 saturated heterocycles. The van der Waals surface area contributed by atoms with Crippen molar-refractivity contribution < 1.29 is 23.9 Å². The molecule has 0 aliphatic carbocycles. The molecule has 11 nitrogen and oxygen atoms in total. The Morgan fingerprint density at radius 2 is 2.05 bits per heavy atom. The van der Waals surface area contributed by atoms with Gasteiger partial charge in [0.2, 0.25) is 5.89 Å². The van der Waals surface area contributed by atoms with Gasteiger partial charge in [-0.15, -0.1) is 0 Å². The summed E-state index contributed by atoms with van der Waals surface area (Å²) in [5, 5.41) is 25.2. The van der Waals surface area contributed by atoms with E-state index in [4.69, 9.17) is 9.63 Å². The van der Waals surface area contributed by atoms with E-state index in [0.717, 1.165) is 0 Å². The molecule has 1 atom stereocenters. The van der Waals surface area contributed by atoms with Gasteiger partial charge < -0.3 is 25.0 Å². The number of nitrogens with zero attached hydrogens (tertiary/aromatic N) is 5. The number of aliphatic hydroxyl groups is 2. The summed E-state index contributed by atoms with van der Waals surface area (Å²) >= 11 is 0. The predicted molar refractivity (Wildman–Crippen MR) is 146 cm³/mol. The molecule has 4 aromatic rings. The lowest BCUT2D eigenvalue weighted by Crippen LogP contribution is -2.24. The SMILES string of the molecule is C=Nc1nc(-c2ccc(C(O)CO)cn2)[nH]c1/C(=C\C)c1ccc(CNC(=O)c2noc(C(C)(C)C)n2)c(F)c1. The van der Waals surface area contributed by atoms with E-state index in [9.17, 15) is 9.90 Å². The number of benzene rings is 1. The Hall–Kier alpha value is -4.55. The first kappa shape index (κ1) is 28.5. The Bertz CT molecular complexity index is 1550. The van der Waals surface area contributed by atoms with E-state index < -0.39 is 29.9 Å². The minimum Gasteiger partial charge on any atom is -0.393 e. The molecule has 40 heavy (non-hydrogen) atoms. The Labute approximate surface area is 229 Å². The van der Waals surface area contributed by atoms with E-state index in [0.29, 0.717) is 45.6 Å². The van der Waals surface area contributed by atoms with Gasteiger partial charge in [-0.3, -0.25) is 9.78 Å². The highest BCUT2D eigenvalue weighted by Gasteiger charge is 2.24. The van der Waals surface area contributed by atoms with Gasteiger partial charge in [0.05, 0.1) is 12.3 Å². The maximum Gasteiger partial charge on any atom is 0.292 e. The van der Waals surface area contributed by atoms with E-state index in [1.807, 2.05) is 20.8 Å². The normalized spacial score (nSPS) is 12.8. The molecular formula is C28H30FN7O4. The zero-order valence-corrected chi connectivity index (χ0v) is 22.6. The predicted octanol–water partition coefficient (Wildman–Crippen LogP) is 4.03. The number of hydrogen-bond acceptors (Lipinski definition) is 9. The standard InChI is InChI=1S/C28H30FN7O4/c1-6-18(22-24(30-5)34-23(33-22)20-10-9-17(13-31-20)21(38)14-37)15-7-8-16(19(29)11-15)12-32-26(39)25-35-27(40-36-25)28(2,3)4/h6-11,13,21,37-38H,5,12,14H2,1-4H3,(H,32,39)(H,33,34)/b18-6-. The fraction of sp³-hybridized carbons (Fsp3) is 0.286. The van der Waals surface area contributed by atoms with E-state index in [-0.39, 0.29) is 17.9 Å². The number of rotatable bonds is 9. The first-order valence-corrected chi connectivity index (χ1v) is 12.5. The second kappa shape index (κ2) is 11.7. The van der Waals surface area contributed by atoms with Crippen LogP contribution in [0.3, 0.4) is 0 Å². The van der Waals surface area contributed by atoms with Crippen molar-refractivity contribution in [1.29, 1.82) is 0 Å². The third kappa shape index (κ3) is 6.03. The fourth-order valence-corrected chi connectivity index (χ4v) is 3.82. The zero-order valence-electron chi connectivity index (χ0n) is 22.6. The quantitative estimate of drug-likeness (QED) is 0.228. The van der Waals surface area contributed by atoms with Gasteiger partial charge in [-0.2, -0.15) is 4.98 Å². The highest BCUT2D eigenvalue weighted by Crippen LogP contribution is 2.32. The van der Waals surface area contributed by atoms with Crippen LogP contribution in [0.25, 0.3) is 17.1 Å². The van der Waals surface area contributed by atoms with Gasteiger partial charge in [-0.05, 0) is 31.3 Å². The van der Waals surface area contributed by atoms with E-state index >= 15 is 4.39 Å². The largest absolute Gasteiger partial charge is 0.393 e. The number of aromatic nitrogens is 5. The summed E-state index contributed by atoms with van der Waals surface area (Å²) in [7, 11) is 0. The van der Waals surface area contributed by atoms with Crippen LogP contribution in [-0.2, 0) is 12.0 Å². The average molecular weight is 548 g/mol. The molecular weight excluding hydrogens is 517 g/mol. The zero-order chi connectivity index (χ0) is 29.0. The van der Waals surface area contributed by atoms with Gasteiger partial charge in [0.15, 0.2) is 11.6 Å². The number of aliphatic hydroxyl groups excluding tert-OH is 2. The number of aliphatic imine (C=N–C) groups is 1. The van der Waals surface area contributed by atoms with E-state index in [2.05, 4.69) is 42.1 Å². The number of pyridine rings is 1. The molecule has 0 fully saturated rings. The number of amides is 1. The van der Waals surface area contributed by atoms with Crippen LogP contribution in [0.15, 0.2) is 52.1 Å². The number of hydrogen-bond donors (Lipinski definition) is 4. The van der Waals surface area contributed by atoms with Crippen molar-refractivity contribution in [2.75, 3.05) is 6.61 Å². The number of allylic oxidation sites excluding steroid dienone is 1. The highest BCUT2D eigenvalue weighted by molar-refractivity contribution is 5.90. The van der Waals surface area contributed by atoms with Gasteiger partial charge in [0.1, 0.15) is 17.6 Å². The number of aromatic amines is 1. The van der Waals surface area contributed by atoms with Crippen LogP contribution in [0.5, 0.6) is 0 Å². The third-order valence-electron chi connectivity index (χ3n) is 6.05. The molecule has 3 heterocycles. The lowest BCUT2D eigenvalue weighted by molar-refractivity contribution is 0.0937. The van der Waals surface area contributed by atoms with Crippen LogP contribution in [0, 0.1) is 5.82 Å². The first-order chi connectivity index (χ1) is 19.0. The van der Waals surface area contributed by atoms with Crippen molar-refractivity contribution in [2.24, 2.45) is 4.99 Å². The number of carbonyl (C=O) groups excluding carboxylic acids is 1. The summed E-state index contributed by atoms with van der Waals surface area (Å²) in [6.45, 7) is 10.6. The van der Waals surface area contributed by atoms with Crippen LogP contribution >= 0.6 is 0 Å². The van der Waals surface area contributed by atoms with Gasteiger partial charge in [-0.1, -0.05) is 50.2 Å². The molecule has 4 rings (SSSR count). The topological polar surface area (TPSA) is 162 Å². The summed E-state index contributed by atoms with van der Waals surface area (Å²) in [4.78, 5) is 32.5. The molecule has 0 saturated carbocycles. The molecule has 0 radical (unpaired) electrons. The second-order valence-electron chi connectivity index (χ2n) is 9.98. The molecule has 3 aromatic heterocycles. The van der Waals surface area contributed by atoms with Gasteiger partial charge in [0.25, 0.3) is 11.7 Å². The summed E-state index contributed by atoms with van der Waals surface area (Å²) in [5.74, 6) is -0.181. The first-order valence-electron chi connectivity index (χ1n) is 12.5. The fourth-order valence-electron chi connectivity index (χ4n) is 3.82. The number of halogens is 1. The van der Waals surface area contributed by atoms with Crippen LogP contribution in [0.1, 0.15) is 72.7 Å². The maximum atomic E-state index is 15.1. The maximum absolute atomic E-state index is 15.1. The van der Waals surface area contributed by atoms with Crippen LogP contribution in [-0.4, -0.2) is 54.5 Å². The van der Waals surface area contributed by atoms with E-state index in [1.165, 1.54) is 12.3 Å². The van der Waals surface area contributed by atoms with Crippen molar-refractivity contribution >= 4 is 24.0 Å². The Morgan fingerprint density at radius 3 is 2.62 bits per heavy atom. The van der Waals surface area contributed by atoms with Gasteiger partial charge >= 0.3 is 0 Å². The molecule has 1 amide bonds. The summed E-state index contributed by atoms with van der Waals surface area (Å²) in [6, 6.07) is 7.96. The van der Waals surface area contributed by atoms with E-state index in [1.54, 1.807) is 37.3 Å². The number of nitrogens with one attached hydrogen (secondary N) is 2. The van der Waals surface area contributed by atoms with Crippen LogP contribution < -0.4 is 5.32 Å². The van der Waals surface area contributed by atoms with Crippen molar-refractivity contribution in [2.45, 2.75) is 45.8 Å². The monoisotopic (exact) mass is 547 g/mol. The van der Waals surface area contributed by atoms with Crippen LogP contribution in [0.2, 0.25) is 0 Å². The minimum atomic E-state index is -1.03. The average Bonchev–Trinajstić information content (AvgIpc) is 3.61. The van der Waals surface area contributed by atoms with Crippen LogP contribution in [0.4, 0.5) is 10.2 Å². The Kier molecular flexibility index (Phi) is 8.31. The molecule has 0 bridgehead atoms. The highest BCUT2D eigenvalue weighted by atomic mass is 19.1. The molecule has 208 valence electrons. The third-order valence-corrected chi connectivity index (χ3v) is 6.05. The minimum absolute atomic E-state index is 0.0736. The lowest BCUT2D eigenvalue weighted by Gasteiger charge is -2.10. The summed E-state index contributed by atoms with van der Waals surface area (Å²) < 4.78 is 20.3. The molecule has 4 N–H and O–H groups in total. The van der Waals surface area contributed by atoms with Crippen molar-refractivity contribution in [3.63, 3.8) is 0 Å². The van der Waals surface area contributed by atoms with Crippen molar-refractivity contribution in [1.82, 2.24) is 30.4 Å². The van der Waals surface area contributed by atoms with Gasteiger partial charge in [-0.25, -0.2) is 14.4 Å². The molecule has 0 aliphatic rings. The van der Waals surface area contributed by atoms with Gasteiger partial charge in [0, 0.05) is 34.9 Å². The molecule has 1 aromatic carbocycles. The van der Waals surface area contributed by atoms with Crippen molar-refractivity contribution in [3.05, 3.63) is 82.5 Å². The lowest BCUT2D eigenvalue weighted by atomic mass is 9.97. The molecule has 1 unspecified atom stereocenters. The second-order valence-corrected chi connectivity index (χ2v) is 9.98. The summed E-state index contributed by atoms with van der Waals surface area (Å²) in [5.41, 5.74) is 2.51. The number of imidazole rings is 1. The molecule has 0 aliphatic heterocycles. The molecule has 0 spiro atoms.